The van der Waals surface area contributed by atoms with Gasteiger partial charge in [-0.05, 0) is 61.7 Å². The molecule has 0 saturated heterocycles. The molecule has 0 radical (unpaired) electrons. The van der Waals surface area contributed by atoms with E-state index in [1.54, 1.807) is 0 Å². The minimum atomic E-state index is -2.63. The summed E-state index contributed by atoms with van der Waals surface area (Å²) in [5.41, 5.74) is 8.87. The van der Waals surface area contributed by atoms with Crippen LogP contribution in [0.25, 0.3) is 5.69 Å². The second kappa shape index (κ2) is 8.79. The van der Waals surface area contributed by atoms with E-state index in [-0.39, 0.29) is 5.41 Å². The maximum absolute atomic E-state index is 6.84. The van der Waals surface area contributed by atoms with E-state index in [1.165, 1.54) is 28.1 Å². The third-order valence-corrected chi connectivity index (χ3v) is 12.1. The number of rotatable bonds is 3. The normalized spacial score (nSPS) is 21.4. The molecule has 2 aliphatic heterocycles. The first-order valence-electron chi connectivity index (χ1n) is 12.9. The van der Waals surface area contributed by atoms with Crippen LogP contribution in [0.1, 0.15) is 36.2 Å². The van der Waals surface area contributed by atoms with Gasteiger partial charge in [0.25, 0.3) is 0 Å². The molecule has 7 heteroatoms. The van der Waals surface area contributed by atoms with Crippen molar-refractivity contribution in [2.45, 2.75) is 40.0 Å². The second-order valence-electron chi connectivity index (χ2n) is 10.7. The molecule has 0 amide bonds. The number of nitrogens with zero attached hydrogens (tertiary/aromatic N) is 4. The lowest BCUT2D eigenvalue weighted by atomic mass is 9.84. The first-order valence-corrected chi connectivity index (χ1v) is 15.7. The first kappa shape index (κ1) is 24.8. The largest absolute Gasteiger partial charge is 0.350 e. The molecule has 2 aliphatic rings. The van der Waals surface area contributed by atoms with Crippen LogP contribution >= 0.6 is 6.19 Å². The van der Waals surface area contributed by atoms with Crippen molar-refractivity contribution in [2.75, 3.05) is 17.0 Å². The highest BCUT2D eigenvalue weighted by atomic mass is 32.4. The number of aromatic nitrogens is 2. The fraction of sp³-hybridized carbons (Fsp3) is 0.226. The minimum Gasteiger partial charge on any atom is -0.350 e. The van der Waals surface area contributed by atoms with E-state index in [9.17, 15) is 0 Å². The monoisotopic (exact) mass is 537 g/mol. The highest BCUT2D eigenvalue weighted by Gasteiger charge is 2.45. The van der Waals surface area contributed by atoms with Crippen LogP contribution in [0.2, 0.25) is 0 Å². The molecule has 192 valence electrons. The van der Waals surface area contributed by atoms with Crippen LogP contribution in [0.4, 0.5) is 17.2 Å². The molecule has 0 fully saturated rings. The maximum Gasteiger partial charge on any atom is 0.166 e. The summed E-state index contributed by atoms with van der Waals surface area (Å²) in [4.78, 5) is 7.38. The number of likely N-dealkylation sites (N-methyl/N-ethyl adjacent to an activating group) is 1. The minimum absolute atomic E-state index is 0.235. The van der Waals surface area contributed by atoms with Crippen LogP contribution in [0.15, 0.2) is 88.8 Å². The number of hydrogen-bond acceptors (Lipinski definition) is 4. The molecule has 4 aromatic rings. The molecular weight excluding hydrogens is 505 g/mol. The number of para-hydroxylation sites is 2. The molecule has 0 bridgehead atoms. The Labute approximate surface area is 230 Å². The zero-order valence-electron chi connectivity index (χ0n) is 22.6. The lowest BCUT2D eigenvalue weighted by Crippen LogP contribution is -2.29. The summed E-state index contributed by atoms with van der Waals surface area (Å²) in [7, 11) is 2.15. The number of benzene rings is 3. The molecule has 6 rings (SSSR count). The van der Waals surface area contributed by atoms with Crippen molar-refractivity contribution in [3.05, 3.63) is 106 Å². The number of aliphatic imine (C=N–C) groups is 1. The van der Waals surface area contributed by atoms with Gasteiger partial charge in [0.2, 0.25) is 0 Å². The van der Waals surface area contributed by atoms with Crippen molar-refractivity contribution in [3.8, 4) is 5.69 Å². The predicted molar refractivity (Wildman–Crippen MR) is 165 cm³/mol. The van der Waals surface area contributed by atoms with Crippen LogP contribution in [0.5, 0.6) is 0 Å². The SMILES string of the molecule is Cc1cccc(NP2(=S)/C(=C3/N(C)c4ccccc4C3(C)C)C=Nc3c2c(C)nn3-c2ccccc2)c1C. The number of aryl methyl sites for hydroxylation is 2. The van der Waals surface area contributed by atoms with Gasteiger partial charge in [-0.2, -0.15) is 5.10 Å². The number of anilines is 2. The average molecular weight is 538 g/mol. The molecule has 0 spiro atoms. The standard InChI is InChI=1S/C31H32N5PS/c1-20-13-12-17-25(21(20)2)34-37(38)27(29-31(4,5)24-16-10-11-18-26(24)35(29)6)19-32-30-28(37)22(3)33-36(30)23-14-8-7-9-15-23/h7-19H,1-6H3,(H,34,38)/b29-27+. The zero-order valence-corrected chi connectivity index (χ0v) is 24.4. The molecule has 1 unspecified atom stereocenters. The Morgan fingerprint density at radius 2 is 1.61 bits per heavy atom. The van der Waals surface area contributed by atoms with E-state index in [0.29, 0.717) is 0 Å². The Hall–Kier alpha value is -3.47. The second-order valence-corrected chi connectivity index (χ2v) is 14.7. The van der Waals surface area contributed by atoms with Crippen LogP contribution in [-0.4, -0.2) is 23.0 Å². The fourth-order valence-electron chi connectivity index (χ4n) is 5.89. The third kappa shape index (κ3) is 3.54. The highest BCUT2D eigenvalue weighted by Crippen LogP contribution is 2.62. The van der Waals surface area contributed by atoms with Gasteiger partial charge in [0, 0.05) is 41.1 Å². The summed E-state index contributed by atoms with van der Waals surface area (Å²) in [6.45, 7) is 10.9. The summed E-state index contributed by atoms with van der Waals surface area (Å²) < 4.78 is 1.94. The van der Waals surface area contributed by atoms with Gasteiger partial charge >= 0.3 is 0 Å². The van der Waals surface area contributed by atoms with E-state index in [2.05, 4.69) is 106 Å². The molecule has 1 atom stereocenters. The summed E-state index contributed by atoms with van der Waals surface area (Å²) in [5, 5.41) is 11.0. The number of allylic oxidation sites excluding steroid dienone is 2. The van der Waals surface area contributed by atoms with Gasteiger partial charge in [-0.1, -0.05) is 74.2 Å². The van der Waals surface area contributed by atoms with E-state index in [1.807, 2.05) is 29.1 Å². The van der Waals surface area contributed by atoms with Gasteiger partial charge in [0.15, 0.2) is 5.82 Å². The van der Waals surface area contributed by atoms with Crippen LogP contribution in [-0.2, 0) is 17.2 Å². The third-order valence-electron chi connectivity index (χ3n) is 7.96. The number of fused-ring (bicyclic) bond motifs is 2. The molecule has 38 heavy (non-hydrogen) atoms. The molecule has 5 nitrogen and oxygen atoms in total. The lowest BCUT2D eigenvalue weighted by molar-refractivity contribution is 0.639. The van der Waals surface area contributed by atoms with E-state index in [0.717, 1.165) is 33.5 Å². The number of nitrogens with one attached hydrogen (secondary N) is 1. The Balaban J connectivity index is 1.65. The lowest BCUT2D eigenvalue weighted by Gasteiger charge is -2.35. The average Bonchev–Trinajstić information content (AvgIpc) is 3.35. The topological polar surface area (TPSA) is 45.4 Å². The van der Waals surface area contributed by atoms with E-state index in [4.69, 9.17) is 21.9 Å². The van der Waals surface area contributed by atoms with E-state index < -0.39 is 6.19 Å². The number of hydrogen-bond donors (Lipinski definition) is 1. The van der Waals surface area contributed by atoms with Crippen molar-refractivity contribution in [2.24, 2.45) is 4.99 Å². The van der Waals surface area contributed by atoms with Crippen LogP contribution in [0.3, 0.4) is 0 Å². The van der Waals surface area contributed by atoms with Crippen molar-refractivity contribution in [3.63, 3.8) is 0 Å². The summed E-state index contributed by atoms with van der Waals surface area (Å²) in [5.74, 6) is 0.815. The van der Waals surface area contributed by atoms with Crippen LogP contribution in [0, 0.1) is 20.8 Å². The van der Waals surface area contributed by atoms with Crippen molar-refractivity contribution >= 4 is 46.7 Å². The Bertz CT molecular complexity index is 1700. The Morgan fingerprint density at radius 3 is 2.34 bits per heavy atom. The van der Waals surface area contributed by atoms with Gasteiger partial charge in [0.1, 0.15) is 0 Å². The summed E-state index contributed by atoms with van der Waals surface area (Å²) in [6, 6.07) is 25.2. The van der Waals surface area contributed by atoms with E-state index >= 15 is 0 Å². The van der Waals surface area contributed by atoms with Crippen molar-refractivity contribution < 1.29 is 0 Å². The Morgan fingerprint density at radius 1 is 0.895 bits per heavy atom. The van der Waals surface area contributed by atoms with Crippen LogP contribution < -0.4 is 15.3 Å². The van der Waals surface area contributed by atoms with Crippen molar-refractivity contribution in [1.82, 2.24) is 9.78 Å². The fourth-order valence-corrected chi connectivity index (χ4v) is 10.2. The zero-order chi connectivity index (χ0) is 26.8. The summed E-state index contributed by atoms with van der Waals surface area (Å²) >= 11 is 6.84. The molecule has 0 saturated carbocycles. The van der Waals surface area contributed by atoms with Gasteiger partial charge in [-0.15, -0.1) is 0 Å². The Kier molecular flexibility index (Phi) is 5.75. The van der Waals surface area contributed by atoms with Crippen molar-refractivity contribution in [1.29, 1.82) is 0 Å². The molecule has 3 heterocycles. The summed E-state index contributed by atoms with van der Waals surface area (Å²) in [6.07, 6.45) is -0.611. The van der Waals surface area contributed by atoms with Gasteiger partial charge in [0.05, 0.1) is 22.9 Å². The molecule has 3 aromatic carbocycles. The first-order chi connectivity index (χ1) is 18.1. The highest BCUT2D eigenvalue weighted by molar-refractivity contribution is 8.21. The smallest absolute Gasteiger partial charge is 0.166 e. The molecule has 0 aliphatic carbocycles. The predicted octanol–water partition coefficient (Wildman–Crippen LogP) is 7.28. The molecule has 1 aromatic heterocycles. The van der Waals surface area contributed by atoms with Gasteiger partial charge < -0.3 is 9.99 Å². The van der Waals surface area contributed by atoms with Gasteiger partial charge in [-0.25, -0.2) is 9.67 Å². The molecule has 1 N–H and O–H groups in total. The molecular formula is C31H32N5PS. The van der Waals surface area contributed by atoms with Gasteiger partial charge in [-0.3, -0.25) is 0 Å². The maximum atomic E-state index is 6.84. The quantitative estimate of drug-likeness (QED) is 0.279.